The quantitative estimate of drug-likeness (QED) is 0.649. The van der Waals surface area contributed by atoms with E-state index in [0.29, 0.717) is 5.56 Å². The van der Waals surface area contributed by atoms with E-state index in [1.165, 1.54) is 12.1 Å². The van der Waals surface area contributed by atoms with Gasteiger partial charge in [0.05, 0.1) is 11.0 Å². The van der Waals surface area contributed by atoms with Gasteiger partial charge in [-0.2, -0.15) is 5.26 Å². The third-order valence-corrected chi connectivity index (χ3v) is 3.01. The van der Waals surface area contributed by atoms with Gasteiger partial charge in [0.2, 0.25) is 0 Å². The van der Waals surface area contributed by atoms with Gasteiger partial charge >= 0.3 is 5.69 Å². The summed E-state index contributed by atoms with van der Waals surface area (Å²) in [6, 6.07) is 15.2. The number of aliphatic hydroxyl groups is 1. The molecule has 0 fully saturated rings. The minimum atomic E-state index is -0.795. The smallest absolute Gasteiger partial charge is 0.309 e. The molecule has 0 spiro atoms. The Morgan fingerprint density at radius 3 is 2.57 bits per heavy atom. The molecule has 2 N–H and O–H groups in total. The van der Waals surface area contributed by atoms with E-state index in [2.05, 4.69) is 5.32 Å². The monoisotopic (exact) mass is 283 g/mol. The molecule has 0 aliphatic carbocycles. The maximum absolute atomic E-state index is 11.1. The number of rotatable bonds is 5. The second kappa shape index (κ2) is 6.50. The molecule has 0 aliphatic heterocycles. The number of anilines is 1. The number of hydrogen-bond acceptors (Lipinski definition) is 5. The van der Waals surface area contributed by atoms with Crippen LogP contribution in [0.3, 0.4) is 0 Å². The maximum atomic E-state index is 11.1. The number of para-hydroxylation sites is 1. The van der Waals surface area contributed by atoms with E-state index in [1.54, 1.807) is 36.4 Å². The van der Waals surface area contributed by atoms with E-state index in [-0.39, 0.29) is 23.5 Å². The van der Waals surface area contributed by atoms with Crippen LogP contribution in [0.1, 0.15) is 17.2 Å². The fraction of sp³-hybridized carbons (Fsp3) is 0.133. The van der Waals surface area contributed by atoms with Crippen molar-refractivity contribution in [1.82, 2.24) is 0 Å². The lowest BCUT2D eigenvalue weighted by Crippen LogP contribution is -2.13. The van der Waals surface area contributed by atoms with E-state index in [9.17, 15) is 15.2 Å². The highest BCUT2D eigenvalue weighted by molar-refractivity contribution is 5.68. The molecule has 106 valence electrons. The molecular weight excluding hydrogens is 270 g/mol. The number of aliphatic hydroxyl groups excluding tert-OH is 1. The number of hydrogen-bond donors (Lipinski definition) is 2. The zero-order valence-corrected chi connectivity index (χ0v) is 11.1. The highest BCUT2D eigenvalue weighted by atomic mass is 16.6. The standard InChI is InChI=1S/C15H13N3O3/c16-9-12-7-4-8-13(15(12)18(20)21)17-10-14(19)11-5-2-1-3-6-11/h1-8,14,17,19H,10H2. The van der Waals surface area contributed by atoms with Gasteiger partial charge in [-0.3, -0.25) is 10.1 Å². The van der Waals surface area contributed by atoms with Crippen LogP contribution in [0, 0.1) is 21.4 Å². The summed E-state index contributed by atoms with van der Waals surface area (Å²) in [5.74, 6) is 0. The molecule has 0 heterocycles. The molecule has 2 rings (SSSR count). The Balaban J connectivity index is 2.18. The van der Waals surface area contributed by atoms with Crippen molar-refractivity contribution in [2.75, 3.05) is 11.9 Å². The zero-order chi connectivity index (χ0) is 15.2. The van der Waals surface area contributed by atoms with Crippen LogP contribution in [0.25, 0.3) is 0 Å². The molecule has 6 nitrogen and oxygen atoms in total. The van der Waals surface area contributed by atoms with Crippen LogP contribution >= 0.6 is 0 Å². The first-order valence-corrected chi connectivity index (χ1v) is 6.28. The molecule has 0 radical (unpaired) electrons. The van der Waals surface area contributed by atoms with Crippen LogP contribution in [0.5, 0.6) is 0 Å². The van der Waals surface area contributed by atoms with Crippen molar-refractivity contribution in [3.8, 4) is 6.07 Å². The second-order valence-electron chi connectivity index (χ2n) is 4.38. The molecule has 1 atom stereocenters. The number of benzene rings is 2. The molecule has 0 saturated carbocycles. The Bertz CT molecular complexity index is 680. The fourth-order valence-corrected chi connectivity index (χ4v) is 1.97. The van der Waals surface area contributed by atoms with Gasteiger partial charge in [0, 0.05) is 6.54 Å². The highest BCUT2D eigenvalue weighted by Crippen LogP contribution is 2.28. The molecule has 21 heavy (non-hydrogen) atoms. The van der Waals surface area contributed by atoms with Crippen molar-refractivity contribution in [2.45, 2.75) is 6.10 Å². The maximum Gasteiger partial charge on any atom is 0.309 e. The van der Waals surface area contributed by atoms with Crippen molar-refractivity contribution in [3.05, 3.63) is 69.8 Å². The molecular formula is C15H13N3O3. The van der Waals surface area contributed by atoms with Crippen molar-refractivity contribution >= 4 is 11.4 Å². The first-order valence-electron chi connectivity index (χ1n) is 6.28. The van der Waals surface area contributed by atoms with Gasteiger partial charge in [-0.15, -0.1) is 0 Å². The van der Waals surface area contributed by atoms with E-state index in [1.807, 2.05) is 6.07 Å². The van der Waals surface area contributed by atoms with Crippen LogP contribution in [-0.2, 0) is 0 Å². The summed E-state index contributed by atoms with van der Waals surface area (Å²) in [5, 5.41) is 32.8. The normalized spacial score (nSPS) is 11.4. The molecule has 1 unspecified atom stereocenters. The Labute approximate surface area is 121 Å². The van der Waals surface area contributed by atoms with Crippen molar-refractivity contribution < 1.29 is 10.0 Å². The minimum Gasteiger partial charge on any atom is -0.387 e. The number of nitrogens with zero attached hydrogens (tertiary/aromatic N) is 2. The summed E-state index contributed by atoms with van der Waals surface area (Å²) < 4.78 is 0. The summed E-state index contributed by atoms with van der Waals surface area (Å²) in [5.41, 5.74) is 0.637. The van der Waals surface area contributed by atoms with Gasteiger partial charge in [-0.1, -0.05) is 36.4 Å². The topological polar surface area (TPSA) is 99.2 Å². The van der Waals surface area contributed by atoms with Gasteiger partial charge in [0.1, 0.15) is 17.3 Å². The van der Waals surface area contributed by atoms with Crippen LogP contribution in [0.2, 0.25) is 0 Å². The summed E-state index contributed by atoms with van der Waals surface area (Å²) >= 11 is 0. The van der Waals surface area contributed by atoms with Gasteiger partial charge in [0.15, 0.2) is 0 Å². The Morgan fingerprint density at radius 2 is 1.95 bits per heavy atom. The second-order valence-corrected chi connectivity index (χ2v) is 4.38. The number of nitro groups is 1. The largest absolute Gasteiger partial charge is 0.387 e. The molecule has 0 bridgehead atoms. The Kier molecular flexibility index (Phi) is 4.49. The van der Waals surface area contributed by atoms with Gasteiger partial charge in [-0.25, -0.2) is 0 Å². The van der Waals surface area contributed by atoms with E-state index in [0.717, 1.165) is 0 Å². The summed E-state index contributed by atoms with van der Waals surface area (Å²) in [4.78, 5) is 10.5. The van der Waals surface area contributed by atoms with Crippen LogP contribution in [-0.4, -0.2) is 16.6 Å². The number of nitro benzene ring substituents is 1. The average Bonchev–Trinajstić information content (AvgIpc) is 2.52. The molecule has 2 aromatic rings. The summed E-state index contributed by atoms with van der Waals surface area (Å²) in [7, 11) is 0. The lowest BCUT2D eigenvalue weighted by molar-refractivity contribution is -0.384. The van der Waals surface area contributed by atoms with Gasteiger partial charge < -0.3 is 10.4 Å². The molecule has 0 aliphatic rings. The SMILES string of the molecule is N#Cc1cccc(NCC(O)c2ccccc2)c1[N+](=O)[O-]. The first-order chi connectivity index (χ1) is 10.1. The lowest BCUT2D eigenvalue weighted by atomic mass is 10.1. The van der Waals surface area contributed by atoms with E-state index in [4.69, 9.17) is 5.26 Å². The number of nitriles is 1. The number of nitrogens with one attached hydrogen (secondary N) is 1. The third-order valence-electron chi connectivity index (χ3n) is 3.01. The van der Waals surface area contributed by atoms with Crippen LogP contribution < -0.4 is 5.32 Å². The third kappa shape index (κ3) is 3.35. The molecule has 0 amide bonds. The molecule has 0 saturated heterocycles. The van der Waals surface area contributed by atoms with Gasteiger partial charge in [0.25, 0.3) is 0 Å². The van der Waals surface area contributed by atoms with Crippen molar-refractivity contribution in [2.24, 2.45) is 0 Å². The van der Waals surface area contributed by atoms with Crippen molar-refractivity contribution in [3.63, 3.8) is 0 Å². The summed E-state index contributed by atoms with van der Waals surface area (Å²) in [6.45, 7) is 0.111. The minimum absolute atomic E-state index is 0.0146. The van der Waals surface area contributed by atoms with Crippen LogP contribution in [0.15, 0.2) is 48.5 Å². The van der Waals surface area contributed by atoms with E-state index < -0.39 is 11.0 Å². The Hall–Kier alpha value is -2.91. The van der Waals surface area contributed by atoms with Gasteiger partial charge in [-0.05, 0) is 17.7 Å². The average molecular weight is 283 g/mol. The Morgan fingerprint density at radius 1 is 1.24 bits per heavy atom. The predicted molar refractivity (Wildman–Crippen MR) is 77.7 cm³/mol. The highest BCUT2D eigenvalue weighted by Gasteiger charge is 2.20. The molecule has 2 aromatic carbocycles. The first kappa shape index (κ1) is 14.5. The lowest BCUT2D eigenvalue weighted by Gasteiger charge is -2.13. The molecule has 0 aromatic heterocycles. The van der Waals surface area contributed by atoms with Crippen molar-refractivity contribution in [1.29, 1.82) is 5.26 Å². The predicted octanol–water partition coefficient (Wildman–Crippen LogP) is 2.61. The van der Waals surface area contributed by atoms with Crippen LogP contribution in [0.4, 0.5) is 11.4 Å². The zero-order valence-electron chi connectivity index (χ0n) is 11.1. The van der Waals surface area contributed by atoms with E-state index >= 15 is 0 Å². The molecule has 6 heteroatoms. The summed E-state index contributed by atoms with van der Waals surface area (Å²) in [6.07, 6.45) is -0.795. The fourth-order valence-electron chi connectivity index (χ4n) is 1.97.